The summed E-state index contributed by atoms with van der Waals surface area (Å²) in [7, 11) is 0. The summed E-state index contributed by atoms with van der Waals surface area (Å²) < 4.78 is 5.29. The van der Waals surface area contributed by atoms with Gasteiger partial charge in [-0.3, -0.25) is 4.90 Å². The van der Waals surface area contributed by atoms with E-state index in [4.69, 9.17) is 4.52 Å². The van der Waals surface area contributed by atoms with Gasteiger partial charge in [0.15, 0.2) is 0 Å². The normalized spacial score (nSPS) is 19.3. The van der Waals surface area contributed by atoms with Gasteiger partial charge in [0.25, 0.3) is 0 Å². The predicted molar refractivity (Wildman–Crippen MR) is 99.3 cm³/mol. The predicted octanol–water partition coefficient (Wildman–Crippen LogP) is 4.41. The van der Waals surface area contributed by atoms with Gasteiger partial charge in [0.2, 0.25) is 0 Å². The molecule has 2 aromatic rings. The van der Waals surface area contributed by atoms with Crippen molar-refractivity contribution in [3.05, 3.63) is 52.9 Å². The number of benzene rings is 1. The highest BCUT2D eigenvalue weighted by Crippen LogP contribution is 2.31. The van der Waals surface area contributed by atoms with E-state index < -0.39 is 5.60 Å². The van der Waals surface area contributed by atoms with Crippen molar-refractivity contribution in [2.45, 2.75) is 71.1 Å². The lowest BCUT2D eigenvalue weighted by atomic mass is 9.97. The molecule has 3 rings (SSSR count). The molecule has 2 heterocycles. The van der Waals surface area contributed by atoms with Crippen LogP contribution in [0.4, 0.5) is 0 Å². The highest BCUT2D eigenvalue weighted by atomic mass is 16.5. The lowest BCUT2D eigenvalue weighted by molar-refractivity contribution is 0.0714. The molecule has 1 aliphatic heterocycles. The van der Waals surface area contributed by atoms with Crippen LogP contribution in [-0.4, -0.2) is 27.3 Å². The first-order valence-corrected chi connectivity index (χ1v) is 9.38. The van der Waals surface area contributed by atoms with Crippen molar-refractivity contribution in [3.8, 4) is 0 Å². The van der Waals surface area contributed by atoms with Crippen molar-refractivity contribution in [3.63, 3.8) is 0 Å². The molecule has 1 aliphatic rings. The van der Waals surface area contributed by atoms with Gasteiger partial charge in [-0.15, -0.1) is 0 Å². The standard InChI is InChI=1S/C21H30N2O2/c1-16-14-19(22-25-16)20-6-4-5-13-23(20)15-18-9-7-17(8-10-18)11-12-21(2,3)24/h7-10,14,20,24H,4-6,11-13,15H2,1-3H3/t20-/m0/s1. The highest BCUT2D eigenvalue weighted by molar-refractivity contribution is 5.23. The first kappa shape index (κ1) is 18.2. The molecule has 0 bridgehead atoms. The van der Waals surface area contributed by atoms with E-state index in [-0.39, 0.29) is 0 Å². The van der Waals surface area contributed by atoms with E-state index in [0.717, 1.165) is 43.8 Å². The van der Waals surface area contributed by atoms with Crippen molar-refractivity contribution in [1.29, 1.82) is 0 Å². The third-order valence-electron chi connectivity index (χ3n) is 5.04. The Morgan fingerprint density at radius 1 is 1.20 bits per heavy atom. The van der Waals surface area contributed by atoms with Gasteiger partial charge in [-0.1, -0.05) is 35.8 Å². The minimum Gasteiger partial charge on any atom is -0.390 e. The second kappa shape index (κ2) is 7.71. The molecule has 0 unspecified atom stereocenters. The molecular weight excluding hydrogens is 312 g/mol. The molecule has 1 fully saturated rings. The molecule has 1 N–H and O–H groups in total. The van der Waals surface area contributed by atoms with Gasteiger partial charge >= 0.3 is 0 Å². The van der Waals surface area contributed by atoms with Crippen molar-refractivity contribution in [2.24, 2.45) is 0 Å². The van der Waals surface area contributed by atoms with Gasteiger partial charge in [0.1, 0.15) is 11.5 Å². The van der Waals surface area contributed by atoms with Gasteiger partial charge in [-0.25, -0.2) is 0 Å². The summed E-state index contributed by atoms with van der Waals surface area (Å²) >= 11 is 0. The van der Waals surface area contributed by atoms with E-state index in [1.807, 2.05) is 20.8 Å². The number of aliphatic hydroxyl groups is 1. The smallest absolute Gasteiger partial charge is 0.133 e. The molecule has 1 saturated heterocycles. The minimum atomic E-state index is -0.602. The monoisotopic (exact) mass is 342 g/mol. The molecule has 0 radical (unpaired) electrons. The van der Waals surface area contributed by atoms with Crippen LogP contribution in [0.5, 0.6) is 0 Å². The SMILES string of the molecule is Cc1cc([C@@H]2CCCCN2Cc2ccc(CCC(C)(C)O)cc2)no1. The second-order valence-corrected chi connectivity index (χ2v) is 7.97. The van der Waals surface area contributed by atoms with Gasteiger partial charge in [0, 0.05) is 12.6 Å². The molecule has 0 saturated carbocycles. The van der Waals surface area contributed by atoms with Gasteiger partial charge in [-0.2, -0.15) is 0 Å². The molecule has 1 atom stereocenters. The van der Waals surface area contributed by atoms with Crippen LogP contribution in [0.2, 0.25) is 0 Å². The third-order valence-corrected chi connectivity index (χ3v) is 5.04. The molecule has 1 aromatic heterocycles. The average molecular weight is 342 g/mol. The van der Waals surface area contributed by atoms with E-state index in [0.29, 0.717) is 6.04 Å². The zero-order valence-electron chi connectivity index (χ0n) is 15.7. The highest BCUT2D eigenvalue weighted by Gasteiger charge is 2.26. The Balaban J connectivity index is 1.63. The Bertz CT molecular complexity index is 670. The van der Waals surface area contributed by atoms with E-state index >= 15 is 0 Å². The van der Waals surface area contributed by atoms with Crippen LogP contribution >= 0.6 is 0 Å². The maximum absolute atomic E-state index is 9.87. The number of piperidine rings is 1. The lowest BCUT2D eigenvalue weighted by Gasteiger charge is -2.34. The fourth-order valence-electron chi connectivity index (χ4n) is 3.55. The number of hydrogen-bond donors (Lipinski definition) is 1. The molecule has 1 aromatic carbocycles. The number of hydrogen-bond acceptors (Lipinski definition) is 4. The largest absolute Gasteiger partial charge is 0.390 e. The average Bonchev–Trinajstić information content (AvgIpc) is 3.00. The van der Waals surface area contributed by atoms with Crippen molar-refractivity contribution < 1.29 is 9.63 Å². The van der Waals surface area contributed by atoms with Crippen LogP contribution in [0, 0.1) is 6.92 Å². The molecule has 0 aliphatic carbocycles. The Labute approximate surface area is 150 Å². The van der Waals surface area contributed by atoms with Gasteiger partial charge < -0.3 is 9.63 Å². The fourth-order valence-corrected chi connectivity index (χ4v) is 3.55. The van der Waals surface area contributed by atoms with E-state index in [2.05, 4.69) is 40.4 Å². The quantitative estimate of drug-likeness (QED) is 0.844. The zero-order chi connectivity index (χ0) is 17.9. The number of nitrogens with zero attached hydrogens (tertiary/aromatic N) is 2. The maximum atomic E-state index is 9.87. The van der Waals surface area contributed by atoms with E-state index in [9.17, 15) is 5.11 Å². The Morgan fingerprint density at radius 3 is 2.56 bits per heavy atom. The van der Waals surface area contributed by atoms with Gasteiger partial charge in [-0.05, 0) is 64.1 Å². The van der Waals surface area contributed by atoms with E-state index in [1.165, 1.54) is 24.0 Å². The fraction of sp³-hybridized carbons (Fsp3) is 0.571. The summed E-state index contributed by atoms with van der Waals surface area (Å²) in [6.45, 7) is 7.74. The van der Waals surface area contributed by atoms with Crippen LogP contribution in [0.15, 0.2) is 34.9 Å². The summed E-state index contributed by atoms with van der Waals surface area (Å²) in [6, 6.07) is 11.3. The number of likely N-dealkylation sites (tertiary alicyclic amines) is 1. The summed E-state index contributed by atoms with van der Waals surface area (Å²) in [5, 5.41) is 14.1. The van der Waals surface area contributed by atoms with Crippen LogP contribution < -0.4 is 0 Å². The Hall–Kier alpha value is -1.65. The maximum Gasteiger partial charge on any atom is 0.133 e. The molecule has 0 amide bonds. The molecule has 25 heavy (non-hydrogen) atoms. The summed E-state index contributed by atoms with van der Waals surface area (Å²) in [6.07, 6.45) is 5.34. The van der Waals surface area contributed by atoms with Crippen molar-refractivity contribution >= 4 is 0 Å². The summed E-state index contributed by atoms with van der Waals surface area (Å²) in [5.74, 6) is 0.886. The number of rotatable bonds is 6. The lowest BCUT2D eigenvalue weighted by Crippen LogP contribution is -2.33. The van der Waals surface area contributed by atoms with Crippen LogP contribution in [0.3, 0.4) is 0 Å². The van der Waals surface area contributed by atoms with E-state index in [1.54, 1.807) is 0 Å². The summed E-state index contributed by atoms with van der Waals surface area (Å²) in [4.78, 5) is 2.52. The molecule has 4 heteroatoms. The van der Waals surface area contributed by atoms with Crippen LogP contribution in [0.1, 0.15) is 68.2 Å². The van der Waals surface area contributed by atoms with Crippen molar-refractivity contribution in [2.75, 3.05) is 6.54 Å². The van der Waals surface area contributed by atoms with Crippen molar-refractivity contribution in [1.82, 2.24) is 10.1 Å². The second-order valence-electron chi connectivity index (χ2n) is 7.97. The molecule has 0 spiro atoms. The topological polar surface area (TPSA) is 49.5 Å². The van der Waals surface area contributed by atoms with Crippen LogP contribution in [-0.2, 0) is 13.0 Å². The third kappa shape index (κ3) is 5.16. The molecular formula is C21H30N2O2. The minimum absolute atomic E-state index is 0.362. The Kier molecular flexibility index (Phi) is 5.60. The van der Waals surface area contributed by atoms with Crippen LogP contribution in [0.25, 0.3) is 0 Å². The first-order valence-electron chi connectivity index (χ1n) is 9.38. The first-order chi connectivity index (χ1) is 11.9. The summed E-state index contributed by atoms with van der Waals surface area (Å²) in [5.41, 5.74) is 3.08. The zero-order valence-corrected chi connectivity index (χ0v) is 15.7. The number of aromatic nitrogens is 1. The van der Waals surface area contributed by atoms with Gasteiger partial charge in [0.05, 0.1) is 11.6 Å². The molecule has 136 valence electrons. The Morgan fingerprint density at radius 2 is 1.92 bits per heavy atom. The number of aryl methyl sites for hydroxylation is 2. The molecule has 4 nitrogen and oxygen atoms in total.